The lowest BCUT2D eigenvalue weighted by Crippen LogP contribution is -2.41. The molecule has 1 aromatic rings. The van der Waals surface area contributed by atoms with Crippen LogP contribution < -0.4 is 10.6 Å². The summed E-state index contributed by atoms with van der Waals surface area (Å²) in [4.78, 5) is 12.0. The zero-order valence-corrected chi connectivity index (χ0v) is 12.7. The summed E-state index contributed by atoms with van der Waals surface area (Å²) in [6.45, 7) is 4.57. The molecule has 0 aromatic heterocycles. The molecule has 5 heteroatoms. The molecule has 110 valence electrons. The second-order valence-corrected chi connectivity index (χ2v) is 6.38. The molecule has 0 bridgehead atoms. The van der Waals surface area contributed by atoms with Crippen LogP contribution >= 0.6 is 11.8 Å². The normalized spacial score (nSPS) is 20.4. The number of thioether (sulfide) groups is 1. The summed E-state index contributed by atoms with van der Waals surface area (Å²) in [5.41, 5.74) is 1.42. The van der Waals surface area contributed by atoms with Gasteiger partial charge in [-0.15, -0.1) is 0 Å². The molecule has 0 aliphatic carbocycles. The van der Waals surface area contributed by atoms with E-state index in [0.29, 0.717) is 12.0 Å². The van der Waals surface area contributed by atoms with Gasteiger partial charge < -0.3 is 10.6 Å². The summed E-state index contributed by atoms with van der Waals surface area (Å²) in [6, 6.07) is 5.17. The number of aryl methyl sites for hydroxylation is 1. The highest BCUT2D eigenvalue weighted by Gasteiger charge is 2.18. The second kappa shape index (κ2) is 7.09. The average Bonchev–Trinajstić information content (AvgIpc) is 2.42. The highest BCUT2D eigenvalue weighted by Crippen LogP contribution is 2.17. The van der Waals surface area contributed by atoms with Crippen molar-refractivity contribution in [1.82, 2.24) is 10.6 Å². The Bertz CT molecular complexity index is 475. The van der Waals surface area contributed by atoms with Gasteiger partial charge >= 0.3 is 0 Å². The third kappa shape index (κ3) is 4.21. The summed E-state index contributed by atoms with van der Waals surface area (Å²) in [5, 5.41) is 6.27. The SMILES string of the molecule is Cc1ccc(C(C)NC(=O)CC2CSCCN2)cc1F. The van der Waals surface area contributed by atoms with E-state index in [0.717, 1.165) is 23.6 Å². The van der Waals surface area contributed by atoms with Gasteiger partial charge in [-0.3, -0.25) is 4.79 Å². The van der Waals surface area contributed by atoms with Crippen LogP contribution in [0.4, 0.5) is 4.39 Å². The van der Waals surface area contributed by atoms with Crippen molar-refractivity contribution in [3.8, 4) is 0 Å². The highest BCUT2D eigenvalue weighted by atomic mass is 32.2. The first kappa shape index (κ1) is 15.3. The molecule has 20 heavy (non-hydrogen) atoms. The monoisotopic (exact) mass is 296 g/mol. The Balaban J connectivity index is 1.87. The standard InChI is InChI=1S/C15H21FN2OS/c1-10-3-4-12(7-14(10)16)11(2)18-15(19)8-13-9-20-6-5-17-13/h3-4,7,11,13,17H,5-6,8-9H2,1-2H3,(H,18,19). The number of nitrogens with one attached hydrogen (secondary N) is 2. The second-order valence-electron chi connectivity index (χ2n) is 5.23. The van der Waals surface area contributed by atoms with Gasteiger partial charge in [0.05, 0.1) is 6.04 Å². The van der Waals surface area contributed by atoms with Crippen LogP contribution in [-0.4, -0.2) is 30.0 Å². The van der Waals surface area contributed by atoms with Gasteiger partial charge in [-0.2, -0.15) is 11.8 Å². The molecule has 1 aliphatic rings. The Hall–Kier alpha value is -1.07. The van der Waals surface area contributed by atoms with E-state index in [9.17, 15) is 9.18 Å². The fourth-order valence-electron chi connectivity index (χ4n) is 2.24. The minimum absolute atomic E-state index is 0.0125. The average molecular weight is 296 g/mol. The minimum Gasteiger partial charge on any atom is -0.350 e. The molecule has 1 amide bonds. The molecule has 2 atom stereocenters. The number of amides is 1. The molecule has 1 aromatic carbocycles. The predicted molar refractivity (Wildman–Crippen MR) is 81.4 cm³/mol. The molecular weight excluding hydrogens is 275 g/mol. The van der Waals surface area contributed by atoms with Crippen molar-refractivity contribution in [3.63, 3.8) is 0 Å². The maximum Gasteiger partial charge on any atom is 0.222 e. The Kier molecular flexibility index (Phi) is 5.43. The van der Waals surface area contributed by atoms with Crippen molar-refractivity contribution in [2.75, 3.05) is 18.1 Å². The van der Waals surface area contributed by atoms with Crippen molar-refractivity contribution >= 4 is 17.7 Å². The van der Waals surface area contributed by atoms with E-state index >= 15 is 0 Å². The smallest absolute Gasteiger partial charge is 0.222 e. The minimum atomic E-state index is -0.228. The van der Waals surface area contributed by atoms with Crippen LogP contribution in [0.3, 0.4) is 0 Å². The molecule has 2 rings (SSSR count). The van der Waals surface area contributed by atoms with Gasteiger partial charge in [-0.05, 0) is 31.0 Å². The molecule has 0 spiro atoms. The zero-order chi connectivity index (χ0) is 14.5. The number of rotatable bonds is 4. The van der Waals surface area contributed by atoms with Crippen molar-refractivity contribution in [2.45, 2.75) is 32.4 Å². The summed E-state index contributed by atoms with van der Waals surface area (Å²) in [6.07, 6.45) is 0.478. The summed E-state index contributed by atoms with van der Waals surface area (Å²) in [5.74, 6) is 1.87. The van der Waals surface area contributed by atoms with Gasteiger partial charge in [0.2, 0.25) is 5.91 Å². The Morgan fingerprint density at radius 3 is 3.05 bits per heavy atom. The number of benzene rings is 1. The van der Waals surface area contributed by atoms with Crippen LogP contribution in [-0.2, 0) is 4.79 Å². The molecule has 2 unspecified atom stereocenters. The van der Waals surface area contributed by atoms with E-state index in [1.165, 1.54) is 6.07 Å². The fourth-order valence-corrected chi connectivity index (χ4v) is 3.19. The maximum atomic E-state index is 13.5. The van der Waals surface area contributed by atoms with Gasteiger partial charge in [0.15, 0.2) is 0 Å². The van der Waals surface area contributed by atoms with Crippen molar-refractivity contribution < 1.29 is 9.18 Å². The van der Waals surface area contributed by atoms with Crippen LogP contribution in [0.5, 0.6) is 0 Å². The third-order valence-corrected chi connectivity index (χ3v) is 4.63. The van der Waals surface area contributed by atoms with Crippen molar-refractivity contribution in [3.05, 3.63) is 35.1 Å². The van der Waals surface area contributed by atoms with Crippen LogP contribution in [0.25, 0.3) is 0 Å². The molecule has 0 saturated carbocycles. The fraction of sp³-hybridized carbons (Fsp3) is 0.533. The van der Waals surface area contributed by atoms with Gasteiger partial charge in [0.25, 0.3) is 0 Å². The molecule has 1 aliphatic heterocycles. The lowest BCUT2D eigenvalue weighted by molar-refractivity contribution is -0.122. The highest BCUT2D eigenvalue weighted by molar-refractivity contribution is 7.99. The summed E-state index contributed by atoms with van der Waals surface area (Å²) in [7, 11) is 0. The number of carbonyl (C=O) groups is 1. The van der Waals surface area contributed by atoms with E-state index in [1.807, 2.05) is 24.8 Å². The van der Waals surface area contributed by atoms with E-state index in [2.05, 4.69) is 10.6 Å². The number of halogens is 1. The molecule has 1 fully saturated rings. The van der Waals surface area contributed by atoms with Gasteiger partial charge in [0.1, 0.15) is 5.82 Å². The number of hydrogen-bond acceptors (Lipinski definition) is 3. The quantitative estimate of drug-likeness (QED) is 0.896. The zero-order valence-electron chi connectivity index (χ0n) is 11.9. The van der Waals surface area contributed by atoms with Crippen LogP contribution in [0.1, 0.15) is 30.5 Å². The van der Waals surface area contributed by atoms with Crippen molar-refractivity contribution in [2.24, 2.45) is 0 Å². The van der Waals surface area contributed by atoms with Crippen LogP contribution in [0, 0.1) is 12.7 Å². The largest absolute Gasteiger partial charge is 0.350 e. The Labute approximate surface area is 123 Å². The third-order valence-electron chi connectivity index (χ3n) is 3.50. The number of carbonyl (C=O) groups excluding carboxylic acids is 1. The van der Waals surface area contributed by atoms with E-state index in [-0.39, 0.29) is 23.8 Å². The van der Waals surface area contributed by atoms with Gasteiger partial charge in [-0.25, -0.2) is 4.39 Å². The molecular formula is C15H21FN2OS. The number of hydrogen-bond donors (Lipinski definition) is 2. The van der Waals surface area contributed by atoms with E-state index in [1.54, 1.807) is 13.0 Å². The van der Waals surface area contributed by atoms with E-state index < -0.39 is 0 Å². The summed E-state index contributed by atoms with van der Waals surface area (Å²) >= 11 is 1.87. The Morgan fingerprint density at radius 1 is 1.60 bits per heavy atom. The molecule has 1 heterocycles. The van der Waals surface area contributed by atoms with Crippen molar-refractivity contribution in [1.29, 1.82) is 0 Å². The van der Waals surface area contributed by atoms with Gasteiger partial charge in [0, 0.05) is 30.5 Å². The van der Waals surface area contributed by atoms with Crippen LogP contribution in [0.15, 0.2) is 18.2 Å². The molecule has 1 saturated heterocycles. The topological polar surface area (TPSA) is 41.1 Å². The van der Waals surface area contributed by atoms with Crippen LogP contribution in [0.2, 0.25) is 0 Å². The first-order chi connectivity index (χ1) is 9.56. The lowest BCUT2D eigenvalue weighted by Gasteiger charge is -2.23. The first-order valence-electron chi connectivity index (χ1n) is 6.93. The lowest BCUT2D eigenvalue weighted by atomic mass is 10.1. The Morgan fingerprint density at radius 2 is 2.40 bits per heavy atom. The summed E-state index contributed by atoms with van der Waals surface area (Å²) < 4.78 is 13.5. The first-order valence-corrected chi connectivity index (χ1v) is 8.08. The van der Waals surface area contributed by atoms with Gasteiger partial charge in [-0.1, -0.05) is 12.1 Å². The molecule has 2 N–H and O–H groups in total. The maximum absolute atomic E-state index is 13.5. The molecule has 3 nitrogen and oxygen atoms in total. The van der Waals surface area contributed by atoms with E-state index in [4.69, 9.17) is 0 Å². The molecule has 0 radical (unpaired) electrons. The predicted octanol–water partition coefficient (Wildman–Crippen LogP) is 2.41.